The van der Waals surface area contributed by atoms with Gasteiger partial charge in [0.25, 0.3) is 0 Å². The third-order valence-electron chi connectivity index (χ3n) is 10.7. The summed E-state index contributed by atoms with van der Waals surface area (Å²) in [5.41, 5.74) is 7.23. The monoisotopic (exact) mass is 626 g/mol. The molecule has 0 radical (unpaired) electrons. The van der Waals surface area contributed by atoms with Gasteiger partial charge in [-0.25, -0.2) is 17.6 Å². The Balaban J connectivity index is 1.11. The van der Waals surface area contributed by atoms with Crippen molar-refractivity contribution >= 4 is 21.6 Å². The van der Waals surface area contributed by atoms with Crippen molar-refractivity contribution in [3.05, 3.63) is 59.9 Å². The number of halogens is 1. The molecule has 2 aliphatic heterocycles. The number of nitrogens with zero attached hydrogens (tertiary/aromatic N) is 2. The number of carbonyl (C=O) groups is 1. The van der Waals surface area contributed by atoms with Gasteiger partial charge < -0.3 is 25.6 Å². The molecule has 4 fully saturated rings. The molecule has 2 aliphatic carbocycles. The highest BCUT2D eigenvalue weighted by molar-refractivity contribution is 7.92. The summed E-state index contributed by atoms with van der Waals surface area (Å²) in [6.45, 7) is 8.54. The van der Waals surface area contributed by atoms with Gasteiger partial charge in [-0.05, 0) is 112 Å². The molecule has 0 unspecified atom stereocenters. The van der Waals surface area contributed by atoms with Crippen LogP contribution in [-0.2, 0) is 20.0 Å². The molecule has 3 atom stereocenters. The molecule has 2 aromatic carbocycles. The number of hydrogen-bond acceptors (Lipinski definition) is 7. The van der Waals surface area contributed by atoms with Crippen molar-refractivity contribution in [1.29, 1.82) is 0 Å². The number of nitrogens with one attached hydrogen (secondary N) is 1. The number of benzene rings is 2. The van der Waals surface area contributed by atoms with Gasteiger partial charge in [0.15, 0.2) is 9.84 Å². The first kappa shape index (κ1) is 31.3. The third-order valence-corrected chi connectivity index (χ3v) is 13.0. The highest BCUT2D eigenvalue weighted by Gasteiger charge is 2.52. The molecular formula is C34H47FN4O4S. The van der Waals surface area contributed by atoms with Gasteiger partial charge in [-0.3, -0.25) is 0 Å². The van der Waals surface area contributed by atoms with E-state index in [2.05, 4.69) is 28.1 Å². The molecule has 1 amide bonds. The second-order valence-corrected chi connectivity index (χ2v) is 15.7. The summed E-state index contributed by atoms with van der Waals surface area (Å²) >= 11 is 0. The topological polar surface area (TPSA) is 105 Å². The molecule has 10 heteroatoms. The van der Waals surface area contributed by atoms with Gasteiger partial charge in [0.05, 0.1) is 10.1 Å². The minimum Gasteiger partial charge on any atom is -0.446 e. The van der Waals surface area contributed by atoms with Gasteiger partial charge in [0.2, 0.25) is 0 Å². The van der Waals surface area contributed by atoms with Crippen molar-refractivity contribution in [3.8, 4) is 0 Å². The summed E-state index contributed by atoms with van der Waals surface area (Å²) in [6.07, 6.45) is 5.21. The van der Waals surface area contributed by atoms with E-state index in [4.69, 9.17) is 10.5 Å². The zero-order valence-corrected chi connectivity index (χ0v) is 26.6. The first-order valence-corrected chi connectivity index (χ1v) is 18.0. The quantitative estimate of drug-likeness (QED) is 0.351. The van der Waals surface area contributed by atoms with E-state index in [1.807, 2.05) is 12.1 Å². The smallest absolute Gasteiger partial charge is 0.404 e. The number of likely N-dealkylation sites (tertiary alicyclic amines) is 1. The number of anilines is 1. The largest absolute Gasteiger partial charge is 0.446 e. The molecule has 0 spiro atoms. The molecule has 240 valence electrons. The summed E-state index contributed by atoms with van der Waals surface area (Å²) < 4.78 is 45.5. The van der Waals surface area contributed by atoms with Crippen LogP contribution in [-0.4, -0.2) is 76.6 Å². The van der Waals surface area contributed by atoms with Gasteiger partial charge in [-0.15, -0.1) is 0 Å². The Morgan fingerprint density at radius 3 is 2.41 bits per heavy atom. The number of nitrogens with two attached hydrogens (primary N) is 1. The Hall–Kier alpha value is -2.69. The van der Waals surface area contributed by atoms with Crippen LogP contribution < -0.4 is 16.0 Å². The molecule has 2 saturated carbocycles. The molecule has 0 aromatic heterocycles. The molecule has 2 heterocycles. The van der Waals surface area contributed by atoms with Crippen LogP contribution in [0.5, 0.6) is 0 Å². The average Bonchev–Trinajstić information content (AvgIpc) is 3.77. The molecule has 4 aliphatic rings. The van der Waals surface area contributed by atoms with Crippen molar-refractivity contribution in [2.24, 2.45) is 23.5 Å². The van der Waals surface area contributed by atoms with Crippen molar-refractivity contribution in [1.82, 2.24) is 10.2 Å². The van der Waals surface area contributed by atoms with E-state index in [1.54, 1.807) is 24.3 Å². The first-order valence-electron chi connectivity index (χ1n) is 16.4. The van der Waals surface area contributed by atoms with E-state index in [1.165, 1.54) is 6.07 Å². The molecular weight excluding hydrogens is 579 g/mol. The lowest BCUT2D eigenvalue weighted by atomic mass is 9.58. The zero-order chi connectivity index (χ0) is 30.9. The molecule has 2 saturated heterocycles. The number of amides is 1. The fraction of sp³-hybridized carbons (Fsp3) is 0.618. The lowest BCUT2D eigenvalue weighted by Gasteiger charge is -2.51. The van der Waals surface area contributed by atoms with E-state index in [9.17, 15) is 17.6 Å². The molecule has 6 rings (SSSR count). The minimum atomic E-state index is -3.16. The number of ether oxygens (including phenoxy) is 1. The van der Waals surface area contributed by atoms with Gasteiger partial charge in [-0.1, -0.05) is 19.1 Å². The highest BCUT2D eigenvalue weighted by Crippen LogP contribution is 2.51. The van der Waals surface area contributed by atoms with E-state index < -0.39 is 15.9 Å². The second kappa shape index (κ2) is 13.0. The van der Waals surface area contributed by atoms with Crippen molar-refractivity contribution in [2.45, 2.75) is 73.5 Å². The second-order valence-electron chi connectivity index (χ2n) is 13.4. The lowest BCUT2D eigenvalue weighted by molar-refractivity contribution is 0.0122. The Bertz CT molecular complexity index is 1400. The fourth-order valence-electron chi connectivity index (χ4n) is 8.35. The summed E-state index contributed by atoms with van der Waals surface area (Å²) in [5, 5.41) is 3.43. The zero-order valence-electron chi connectivity index (χ0n) is 25.8. The van der Waals surface area contributed by atoms with Crippen molar-refractivity contribution in [3.63, 3.8) is 0 Å². The van der Waals surface area contributed by atoms with Crippen LogP contribution in [0.15, 0.2) is 53.4 Å². The Morgan fingerprint density at radius 1 is 1.05 bits per heavy atom. The van der Waals surface area contributed by atoms with E-state index in [0.717, 1.165) is 95.5 Å². The molecule has 0 bridgehead atoms. The van der Waals surface area contributed by atoms with Gasteiger partial charge in [0.1, 0.15) is 11.9 Å². The van der Waals surface area contributed by atoms with E-state index in [-0.39, 0.29) is 28.5 Å². The maximum absolute atomic E-state index is 14.7. The Labute approximate surface area is 261 Å². The molecule has 3 N–H and O–H groups in total. The van der Waals surface area contributed by atoms with Crippen LogP contribution in [0.2, 0.25) is 0 Å². The molecule has 44 heavy (non-hydrogen) atoms. The number of carbonyl (C=O) groups excluding carboxylic acids is 1. The fourth-order valence-corrected chi connectivity index (χ4v) is 10.0. The maximum atomic E-state index is 14.7. The Morgan fingerprint density at radius 2 is 1.77 bits per heavy atom. The van der Waals surface area contributed by atoms with Crippen molar-refractivity contribution < 1.29 is 22.3 Å². The standard InChI is InChI=1S/C34H47FN4O4S/c1-2-37-23-34(26-5-3-6-27(35)19-26,31-7-4-8-32(31)43-33(36)40)25-15-17-38(18-16-25)20-24-21-39(22-24)28-9-11-29(12-10-28)44(41,42)30-13-14-30/h3,5-6,9-12,19,24-25,30-32,37H,2,4,7-8,13-18,20-23H2,1H3,(H2,36,40)/t31-,32-,34-/m0/s1. The van der Waals surface area contributed by atoms with E-state index >= 15 is 0 Å². The first-order chi connectivity index (χ1) is 21.2. The lowest BCUT2D eigenvalue weighted by Crippen LogP contribution is -2.57. The summed E-state index contributed by atoms with van der Waals surface area (Å²) in [6, 6.07) is 14.5. The predicted molar refractivity (Wildman–Crippen MR) is 170 cm³/mol. The number of piperidine rings is 1. The predicted octanol–water partition coefficient (Wildman–Crippen LogP) is 4.72. The maximum Gasteiger partial charge on any atom is 0.404 e. The summed E-state index contributed by atoms with van der Waals surface area (Å²) in [7, 11) is -3.16. The van der Waals surface area contributed by atoms with Gasteiger partial charge >= 0.3 is 6.09 Å². The number of rotatable bonds is 12. The number of likely N-dealkylation sites (N-methyl/N-ethyl adjacent to an activating group) is 1. The summed E-state index contributed by atoms with van der Waals surface area (Å²) in [5.74, 6) is 0.711. The molecule has 2 aromatic rings. The minimum absolute atomic E-state index is 0.0678. The number of hydrogen-bond donors (Lipinski definition) is 2. The van der Waals surface area contributed by atoms with Crippen molar-refractivity contribution in [2.75, 3.05) is 50.7 Å². The van der Waals surface area contributed by atoms with Crippen LogP contribution in [0.4, 0.5) is 14.9 Å². The third kappa shape index (κ3) is 6.35. The highest BCUT2D eigenvalue weighted by atomic mass is 32.2. The Kier molecular flexibility index (Phi) is 9.22. The van der Waals surface area contributed by atoms with Crippen LogP contribution in [0.1, 0.15) is 57.4 Å². The number of sulfone groups is 1. The van der Waals surface area contributed by atoms with Crippen LogP contribution >= 0.6 is 0 Å². The summed E-state index contributed by atoms with van der Waals surface area (Å²) in [4.78, 5) is 17.2. The van der Waals surface area contributed by atoms with E-state index in [0.29, 0.717) is 23.3 Å². The van der Waals surface area contributed by atoms with Crippen LogP contribution in [0.25, 0.3) is 0 Å². The van der Waals surface area contributed by atoms with Gasteiger partial charge in [-0.2, -0.15) is 0 Å². The molecule has 8 nitrogen and oxygen atoms in total. The van der Waals surface area contributed by atoms with Crippen LogP contribution in [0.3, 0.4) is 0 Å². The van der Waals surface area contributed by atoms with Crippen LogP contribution in [0, 0.1) is 23.6 Å². The van der Waals surface area contributed by atoms with Gasteiger partial charge in [0, 0.05) is 49.1 Å². The SMILES string of the molecule is CCNC[C@@](c1cccc(F)c1)(C1CCN(CC2CN(c3ccc(S(=O)(=O)C4CC4)cc3)C2)CC1)[C@H]1CCC[C@@H]1OC(N)=O. The number of primary amides is 1. The normalized spacial score (nSPS) is 25.0. The average molecular weight is 627 g/mol.